The van der Waals surface area contributed by atoms with Crippen molar-refractivity contribution < 1.29 is 29.3 Å². The van der Waals surface area contributed by atoms with Crippen LogP contribution in [0, 0.1) is 0 Å². The van der Waals surface area contributed by atoms with Crippen molar-refractivity contribution in [2.75, 3.05) is 6.54 Å². The molecule has 33 heavy (non-hydrogen) atoms. The maximum Gasteiger partial charge on any atom is 0.407 e. The number of aliphatic hydroxyl groups is 1. The monoisotopic (exact) mass is 452 g/mol. The molecule has 10 nitrogen and oxygen atoms in total. The Morgan fingerprint density at radius 2 is 1.70 bits per heavy atom. The third kappa shape index (κ3) is 7.54. The van der Waals surface area contributed by atoms with Crippen LogP contribution in [0.4, 0.5) is 4.79 Å². The Bertz CT molecular complexity index is 1110. The Kier molecular flexibility index (Phi) is 8.25. The van der Waals surface area contributed by atoms with Crippen LogP contribution in [0.5, 0.6) is 0 Å². The zero-order chi connectivity index (χ0) is 23.6. The quantitative estimate of drug-likeness (QED) is 0.361. The van der Waals surface area contributed by atoms with Crippen molar-refractivity contribution in [1.29, 1.82) is 0 Å². The van der Waals surface area contributed by atoms with E-state index in [1.54, 1.807) is 30.3 Å². The first-order valence-corrected chi connectivity index (χ1v) is 10.3. The number of amides is 2. The minimum Gasteiger partial charge on any atom is -0.480 e. The van der Waals surface area contributed by atoms with E-state index in [9.17, 15) is 24.6 Å². The van der Waals surface area contributed by atoms with Gasteiger partial charge in [-0.3, -0.25) is 9.78 Å². The summed E-state index contributed by atoms with van der Waals surface area (Å²) in [6.07, 6.45) is -0.962. The number of nitrogens with one attached hydrogen (secondary N) is 2. The molecule has 0 saturated heterocycles. The molecule has 1 heterocycles. The molecular weight excluding hydrogens is 428 g/mol. The van der Waals surface area contributed by atoms with Crippen LogP contribution in [-0.2, 0) is 27.4 Å². The normalized spacial score (nSPS) is 12.5. The molecule has 0 spiro atoms. The van der Waals surface area contributed by atoms with E-state index in [0.29, 0.717) is 16.7 Å². The van der Waals surface area contributed by atoms with Gasteiger partial charge in [0.05, 0.1) is 29.3 Å². The maximum atomic E-state index is 12.2. The number of ether oxygens (including phenoxy) is 1. The lowest BCUT2D eigenvalue weighted by Crippen LogP contribution is -2.44. The molecule has 1 aromatic heterocycles. The summed E-state index contributed by atoms with van der Waals surface area (Å²) in [6.45, 7) is -0.157. The maximum absolute atomic E-state index is 12.2. The van der Waals surface area contributed by atoms with E-state index in [1.807, 2.05) is 24.3 Å². The minimum absolute atomic E-state index is 0.0704. The fourth-order valence-electron chi connectivity index (χ4n) is 3.02. The second-order valence-electron chi connectivity index (χ2n) is 7.31. The second kappa shape index (κ2) is 11.5. The summed E-state index contributed by atoms with van der Waals surface area (Å²) < 4.78 is 5.02. The number of rotatable bonds is 10. The molecule has 3 rings (SSSR count). The number of aliphatic carboxylic acids is 1. The lowest BCUT2D eigenvalue weighted by Gasteiger charge is -2.16. The summed E-state index contributed by atoms with van der Waals surface area (Å²) in [5.74, 6) is -1.92. The van der Waals surface area contributed by atoms with E-state index < -0.39 is 36.5 Å². The molecule has 2 amide bonds. The van der Waals surface area contributed by atoms with Gasteiger partial charge in [0.1, 0.15) is 12.6 Å². The van der Waals surface area contributed by atoms with Crippen molar-refractivity contribution in [1.82, 2.24) is 20.6 Å². The number of nitrogens with zero attached hydrogens (tertiary/aromatic N) is 2. The Labute approximate surface area is 189 Å². The van der Waals surface area contributed by atoms with Crippen molar-refractivity contribution in [3.63, 3.8) is 0 Å². The number of alkyl carbamates (subject to hydrolysis) is 1. The number of aliphatic hydroxyl groups excluding tert-OH is 1. The van der Waals surface area contributed by atoms with E-state index in [2.05, 4.69) is 20.6 Å². The SMILES string of the molecule is O=C(C[C@@H](O)CNC(=O)OCc1ccccc1)N[C@@H](Cc1cnc2ccccc2n1)C(=O)O. The molecule has 0 aliphatic carbocycles. The average Bonchev–Trinajstić information content (AvgIpc) is 2.81. The van der Waals surface area contributed by atoms with Crippen molar-refractivity contribution in [2.24, 2.45) is 0 Å². The number of carbonyl (C=O) groups excluding carboxylic acids is 2. The number of hydrogen-bond acceptors (Lipinski definition) is 7. The van der Waals surface area contributed by atoms with Crippen LogP contribution in [0.15, 0.2) is 60.8 Å². The zero-order valence-corrected chi connectivity index (χ0v) is 17.7. The molecule has 4 N–H and O–H groups in total. The smallest absolute Gasteiger partial charge is 0.407 e. The third-order valence-electron chi connectivity index (χ3n) is 4.66. The number of aromatic nitrogens is 2. The van der Waals surface area contributed by atoms with Crippen molar-refractivity contribution in [3.05, 3.63) is 72.1 Å². The van der Waals surface area contributed by atoms with E-state index in [0.717, 1.165) is 5.56 Å². The van der Waals surface area contributed by atoms with Crippen LogP contribution in [0.1, 0.15) is 17.7 Å². The molecule has 10 heteroatoms. The lowest BCUT2D eigenvalue weighted by molar-refractivity contribution is -0.142. The predicted octanol–water partition coefficient (Wildman–Crippen LogP) is 1.42. The van der Waals surface area contributed by atoms with Gasteiger partial charge in [-0.1, -0.05) is 42.5 Å². The molecule has 0 fully saturated rings. The average molecular weight is 452 g/mol. The summed E-state index contributed by atoms with van der Waals surface area (Å²) in [4.78, 5) is 44.1. The Hall–Kier alpha value is -4.05. The molecule has 172 valence electrons. The lowest BCUT2D eigenvalue weighted by atomic mass is 10.1. The van der Waals surface area contributed by atoms with Crippen molar-refractivity contribution in [3.8, 4) is 0 Å². The number of carbonyl (C=O) groups is 3. The number of hydrogen-bond donors (Lipinski definition) is 4. The summed E-state index contributed by atoms with van der Waals surface area (Å²) >= 11 is 0. The third-order valence-corrected chi connectivity index (χ3v) is 4.66. The van der Waals surface area contributed by atoms with Gasteiger partial charge in [-0.25, -0.2) is 14.6 Å². The van der Waals surface area contributed by atoms with Gasteiger partial charge < -0.3 is 25.6 Å². The largest absolute Gasteiger partial charge is 0.480 e. The van der Waals surface area contributed by atoms with Gasteiger partial charge in [-0.2, -0.15) is 0 Å². The number of carboxylic acid groups (broad SMARTS) is 1. The van der Waals surface area contributed by atoms with Crippen LogP contribution in [0.2, 0.25) is 0 Å². The van der Waals surface area contributed by atoms with Crippen LogP contribution in [-0.4, -0.2) is 56.8 Å². The number of para-hydroxylation sites is 2. The standard InChI is InChI=1S/C23H24N4O6/c28-17(13-25-23(32)33-14-15-6-2-1-3-7-15)11-21(29)27-20(22(30)31)10-16-12-24-18-8-4-5-9-19(18)26-16/h1-9,12,17,20,28H,10-11,13-14H2,(H,25,32)(H,27,29)(H,30,31)/t17-,20+/m1/s1. The van der Waals surface area contributed by atoms with Crippen molar-refractivity contribution >= 4 is 29.0 Å². The molecule has 0 aliphatic heterocycles. The van der Waals surface area contributed by atoms with Crippen LogP contribution < -0.4 is 10.6 Å². The van der Waals surface area contributed by atoms with Crippen LogP contribution >= 0.6 is 0 Å². The van der Waals surface area contributed by atoms with Gasteiger partial charge in [0.25, 0.3) is 0 Å². The molecule has 2 aromatic carbocycles. The number of benzene rings is 2. The van der Waals surface area contributed by atoms with Crippen LogP contribution in [0.3, 0.4) is 0 Å². The highest BCUT2D eigenvalue weighted by Gasteiger charge is 2.23. The molecule has 3 aromatic rings. The van der Waals surface area contributed by atoms with E-state index in [-0.39, 0.29) is 19.6 Å². The molecule has 2 atom stereocenters. The predicted molar refractivity (Wildman–Crippen MR) is 118 cm³/mol. The first-order valence-electron chi connectivity index (χ1n) is 10.3. The zero-order valence-electron chi connectivity index (χ0n) is 17.7. The topological polar surface area (TPSA) is 151 Å². The summed E-state index contributed by atoms with van der Waals surface area (Å²) in [5, 5.41) is 24.2. The van der Waals surface area contributed by atoms with Crippen LogP contribution in [0.25, 0.3) is 11.0 Å². The van der Waals surface area contributed by atoms with Gasteiger partial charge in [0, 0.05) is 19.2 Å². The van der Waals surface area contributed by atoms with Gasteiger partial charge in [-0.15, -0.1) is 0 Å². The Balaban J connectivity index is 1.44. The number of carboxylic acids is 1. The second-order valence-corrected chi connectivity index (χ2v) is 7.31. The molecule has 0 aliphatic rings. The van der Waals surface area contributed by atoms with Gasteiger partial charge >= 0.3 is 12.1 Å². The molecule has 0 saturated carbocycles. The summed E-state index contributed by atoms with van der Waals surface area (Å²) in [6, 6.07) is 15.0. The molecule has 0 bridgehead atoms. The highest BCUT2D eigenvalue weighted by Crippen LogP contribution is 2.10. The van der Waals surface area contributed by atoms with E-state index in [4.69, 9.17) is 4.74 Å². The Morgan fingerprint density at radius 1 is 1.00 bits per heavy atom. The molecule has 0 unspecified atom stereocenters. The first kappa shape index (κ1) is 23.6. The fourth-order valence-corrected chi connectivity index (χ4v) is 3.02. The van der Waals surface area contributed by atoms with E-state index >= 15 is 0 Å². The Morgan fingerprint density at radius 3 is 2.42 bits per heavy atom. The first-order chi connectivity index (χ1) is 15.9. The summed E-state index contributed by atoms with van der Waals surface area (Å²) in [7, 11) is 0. The summed E-state index contributed by atoms with van der Waals surface area (Å²) in [5.41, 5.74) is 2.51. The highest BCUT2D eigenvalue weighted by molar-refractivity contribution is 5.84. The minimum atomic E-state index is -1.25. The number of fused-ring (bicyclic) bond motifs is 1. The van der Waals surface area contributed by atoms with Gasteiger partial charge in [-0.05, 0) is 17.7 Å². The van der Waals surface area contributed by atoms with Crippen molar-refractivity contribution in [2.45, 2.75) is 31.6 Å². The molecule has 0 radical (unpaired) electrons. The van der Waals surface area contributed by atoms with Gasteiger partial charge in [0.2, 0.25) is 5.91 Å². The van der Waals surface area contributed by atoms with E-state index in [1.165, 1.54) is 6.20 Å². The molecular formula is C23H24N4O6. The highest BCUT2D eigenvalue weighted by atomic mass is 16.5. The van der Waals surface area contributed by atoms with Gasteiger partial charge in [0.15, 0.2) is 0 Å². The fraction of sp³-hybridized carbons (Fsp3) is 0.261.